The van der Waals surface area contributed by atoms with Crippen molar-refractivity contribution in [2.24, 2.45) is 0 Å². The zero-order valence-electron chi connectivity index (χ0n) is 21.0. The molecule has 2 aromatic carbocycles. The summed E-state index contributed by atoms with van der Waals surface area (Å²) in [6.45, 7) is 17.0. The highest BCUT2D eigenvalue weighted by Gasteiger charge is 2.14. The molecule has 0 spiro atoms. The normalized spacial score (nSPS) is 10.4. The molecule has 0 aliphatic carbocycles. The highest BCUT2D eigenvalue weighted by atomic mass is 31.1. The van der Waals surface area contributed by atoms with Crippen LogP contribution < -0.4 is 31.5 Å². The third kappa shape index (κ3) is 11.2. The largest absolute Gasteiger partial charge is 0.370 e. The molecule has 0 saturated carbocycles. The first kappa shape index (κ1) is 33.3. The van der Waals surface area contributed by atoms with Crippen LogP contribution in [-0.4, -0.2) is 90.1 Å². The van der Waals surface area contributed by atoms with Crippen LogP contribution in [0.3, 0.4) is 0 Å². The zero-order chi connectivity index (χ0) is 24.8. The van der Waals surface area contributed by atoms with Crippen LogP contribution in [0, 0.1) is 0 Å². The average molecular weight is 485 g/mol. The number of rotatable bonds is 11. The number of likely N-dealkylation sites (N-methyl/N-ethyl adjacent to an activating group) is 4. The van der Waals surface area contributed by atoms with E-state index in [0.717, 1.165) is 54.4 Å². The number of hydrogen-bond donors (Lipinski definition) is 0. The molecule has 2 aromatic rings. The van der Waals surface area contributed by atoms with Gasteiger partial charge >= 0.3 is 0 Å². The molecule has 9 heteroatoms. The van der Waals surface area contributed by atoms with Crippen LogP contribution in [-0.2, 0) is 0 Å². The van der Waals surface area contributed by atoms with Gasteiger partial charge in [-0.15, -0.1) is 8.58 Å². The Morgan fingerprint density at radius 1 is 0.667 bits per heavy atom. The summed E-state index contributed by atoms with van der Waals surface area (Å²) in [7, 11) is 6.79. The van der Waals surface area contributed by atoms with Crippen LogP contribution in [0.25, 0.3) is 0 Å². The molecule has 2 rings (SSSR count). The molecular formula is C24H45N4O4P. The van der Waals surface area contributed by atoms with Crippen LogP contribution in [0.4, 0.5) is 11.4 Å². The van der Waals surface area contributed by atoms with E-state index in [4.69, 9.17) is 0 Å². The molecular weight excluding hydrogens is 439 g/mol. The van der Waals surface area contributed by atoms with Crippen molar-refractivity contribution in [1.82, 2.24) is 9.80 Å². The van der Waals surface area contributed by atoms with E-state index >= 15 is 0 Å². The smallest absolute Gasteiger partial charge is 0.249 e. The maximum absolute atomic E-state index is 11.1. The number of nitrogens with zero attached hydrogens (tertiary/aromatic N) is 4. The van der Waals surface area contributed by atoms with E-state index in [-0.39, 0.29) is 29.1 Å². The first-order chi connectivity index (χ1) is 15.1. The van der Waals surface area contributed by atoms with E-state index in [2.05, 4.69) is 43.9 Å². The molecule has 0 radical (unpaired) electrons. The molecule has 0 atom stereocenters. The predicted octanol–water partition coefficient (Wildman–Crippen LogP) is 1.29. The van der Waals surface area contributed by atoms with Crippen LogP contribution in [0.15, 0.2) is 31.3 Å². The van der Waals surface area contributed by atoms with Gasteiger partial charge in [-0.1, -0.05) is 28.2 Å². The lowest BCUT2D eigenvalue weighted by Crippen LogP contribution is -2.40. The summed E-state index contributed by atoms with van der Waals surface area (Å²) in [6, 6.07) is 2.80. The summed E-state index contributed by atoms with van der Waals surface area (Å²) in [5.74, 6) is 0. The van der Waals surface area contributed by atoms with Crippen molar-refractivity contribution in [3.05, 3.63) is 53.0 Å². The average Bonchev–Trinajstić information content (AvgIpc) is 2.79. The molecule has 0 saturated heterocycles. The first-order valence-electron chi connectivity index (χ1n) is 11.1. The minimum Gasteiger partial charge on any atom is -0.370 e. The van der Waals surface area contributed by atoms with E-state index in [1.54, 1.807) is 0 Å². The van der Waals surface area contributed by atoms with E-state index in [9.17, 15) is 19.2 Å². The summed E-state index contributed by atoms with van der Waals surface area (Å²) in [5, 5.41) is 0. The Hall–Kier alpha value is -1.89. The maximum atomic E-state index is 11.1. The molecule has 8 nitrogen and oxygen atoms in total. The van der Waals surface area contributed by atoms with Gasteiger partial charge in [0.25, 0.3) is 0 Å². The molecule has 0 unspecified atom stereocenters. The summed E-state index contributed by atoms with van der Waals surface area (Å²) in [4.78, 5) is 51.7. The lowest BCUT2D eigenvalue weighted by Gasteiger charge is -2.24. The van der Waals surface area contributed by atoms with Gasteiger partial charge in [0.15, 0.2) is 0 Å². The fourth-order valence-electron chi connectivity index (χ4n) is 2.73. The zero-order valence-corrected chi connectivity index (χ0v) is 22.0. The van der Waals surface area contributed by atoms with Gasteiger partial charge in [0, 0.05) is 52.4 Å². The van der Waals surface area contributed by atoms with Crippen LogP contribution in [0.2, 0.25) is 0 Å². The first-order valence-corrected chi connectivity index (χ1v) is 13.1. The lowest BCUT2D eigenvalue weighted by atomic mass is 10.2. The maximum Gasteiger partial charge on any atom is 0.249 e. The monoisotopic (exact) mass is 484 g/mol. The Bertz CT molecular complexity index is 912. The predicted molar refractivity (Wildman–Crippen MR) is 147 cm³/mol. The minimum atomic E-state index is -0.379. The second kappa shape index (κ2) is 17.6. The van der Waals surface area contributed by atoms with Gasteiger partial charge in [-0.25, -0.2) is 0 Å². The summed E-state index contributed by atoms with van der Waals surface area (Å²) < 4.78 is 0. The van der Waals surface area contributed by atoms with Crippen molar-refractivity contribution in [2.75, 3.05) is 90.1 Å². The summed E-state index contributed by atoms with van der Waals surface area (Å²) in [6.07, 6.45) is 0. The van der Waals surface area contributed by atoms with Gasteiger partial charge in [-0.2, -0.15) is 0 Å². The van der Waals surface area contributed by atoms with E-state index < -0.39 is 0 Å². The molecule has 0 heterocycles. The van der Waals surface area contributed by atoms with E-state index in [0.29, 0.717) is 11.4 Å². The molecule has 0 bridgehead atoms. The van der Waals surface area contributed by atoms with Crippen LogP contribution in [0.1, 0.15) is 28.2 Å². The van der Waals surface area contributed by atoms with Gasteiger partial charge in [0.1, 0.15) is 0 Å². The van der Waals surface area contributed by atoms with E-state index in [1.807, 2.05) is 30.9 Å². The van der Waals surface area contributed by atoms with Crippen molar-refractivity contribution in [3.8, 4) is 0 Å². The van der Waals surface area contributed by atoms with Crippen molar-refractivity contribution in [3.63, 3.8) is 0 Å². The molecule has 0 aliphatic heterocycles. The fraction of sp³-hybridized carbons (Fsp3) is 0.667. The molecule has 190 valence electrons. The Kier molecular flexibility index (Phi) is 17.7. The second-order valence-corrected chi connectivity index (χ2v) is 8.71. The van der Waals surface area contributed by atoms with Gasteiger partial charge in [0.05, 0.1) is 11.4 Å². The third-order valence-electron chi connectivity index (χ3n) is 5.27. The highest BCUT2D eigenvalue weighted by Crippen LogP contribution is 2.04. The summed E-state index contributed by atoms with van der Waals surface area (Å²) in [5.41, 5.74) is -0.370. The molecule has 0 N–H and O–H groups in total. The minimum absolute atomic E-state index is 0. The Labute approximate surface area is 201 Å². The third-order valence-corrected chi connectivity index (χ3v) is 5.27. The van der Waals surface area contributed by atoms with Crippen LogP contribution >= 0.6 is 8.58 Å². The standard InChI is InChI=1S/C11H18N2O2.C10H16N2O2.C2H7P.CH4/c1-4-13(5-2)7-6-12(3)9-8-10(14)11(9)15;1-4-11(2)5-6-12(3)8-7-9(13)10(8)14;1-3-2;/h8H,4-7H2,1-3H3;7H,4-6H2,1-3H3;3H,1-2H3;1H4. The molecule has 33 heavy (non-hydrogen) atoms. The molecule has 0 aliphatic rings. The van der Waals surface area contributed by atoms with Crippen LogP contribution in [0.5, 0.6) is 0 Å². The molecule has 0 amide bonds. The van der Waals surface area contributed by atoms with Crippen molar-refractivity contribution in [1.29, 1.82) is 0 Å². The van der Waals surface area contributed by atoms with Gasteiger partial charge in [0.2, 0.25) is 21.7 Å². The highest BCUT2D eigenvalue weighted by molar-refractivity contribution is 7.35. The van der Waals surface area contributed by atoms with Gasteiger partial charge < -0.3 is 19.6 Å². The fourth-order valence-corrected chi connectivity index (χ4v) is 2.73. The quantitative estimate of drug-likeness (QED) is 0.349. The number of anilines is 2. The molecule has 0 fully saturated rings. The Morgan fingerprint density at radius 2 is 1.03 bits per heavy atom. The second-order valence-electron chi connectivity index (χ2n) is 7.71. The van der Waals surface area contributed by atoms with Crippen molar-refractivity contribution >= 4 is 20.0 Å². The Balaban J connectivity index is 0. The SMILES string of the molecule is C.CCN(C)CCN(C)c1cc(=O)c1=O.CCN(CC)CCN(C)c1cc(=O)c1=O.CPC. The van der Waals surface area contributed by atoms with Gasteiger partial charge in [-0.3, -0.25) is 19.2 Å². The summed E-state index contributed by atoms with van der Waals surface area (Å²) >= 11 is 0. The Morgan fingerprint density at radius 3 is 1.30 bits per heavy atom. The van der Waals surface area contributed by atoms with Gasteiger partial charge in [-0.05, 0) is 40.0 Å². The van der Waals surface area contributed by atoms with Crippen molar-refractivity contribution < 1.29 is 0 Å². The van der Waals surface area contributed by atoms with E-state index in [1.165, 1.54) is 12.1 Å². The topological polar surface area (TPSA) is 81.2 Å². The lowest BCUT2D eigenvalue weighted by molar-refractivity contribution is 0.311. The molecule has 0 aromatic heterocycles. The number of hydrogen-bond acceptors (Lipinski definition) is 8. The van der Waals surface area contributed by atoms with Crippen molar-refractivity contribution in [2.45, 2.75) is 28.2 Å².